The molecule has 0 bridgehead atoms. The second-order valence-corrected chi connectivity index (χ2v) is 9.83. The first-order valence-electron chi connectivity index (χ1n) is 11.5. The van der Waals surface area contributed by atoms with Gasteiger partial charge in [0.25, 0.3) is 0 Å². The molecule has 1 aliphatic rings. The van der Waals surface area contributed by atoms with E-state index < -0.39 is 5.97 Å². The Bertz CT molecular complexity index is 633. The Morgan fingerprint density at radius 1 is 1.27 bits per heavy atom. The molecule has 1 aromatic rings. The van der Waals surface area contributed by atoms with E-state index in [0.29, 0.717) is 30.3 Å². The summed E-state index contributed by atoms with van der Waals surface area (Å²) in [7, 11) is 1.68. The Morgan fingerprint density at radius 3 is 2.63 bits per heavy atom. The lowest BCUT2D eigenvalue weighted by molar-refractivity contribution is -0.306. The highest BCUT2D eigenvalue weighted by molar-refractivity contribution is 5.65. The quantitative estimate of drug-likeness (QED) is 0.485. The molecule has 0 aromatic carbocycles. The van der Waals surface area contributed by atoms with E-state index in [-0.39, 0.29) is 17.8 Å². The molecule has 2 rings (SSSR count). The zero-order chi connectivity index (χ0) is 22.0. The normalized spacial score (nSPS) is 17.7. The molecule has 0 aliphatic heterocycles. The summed E-state index contributed by atoms with van der Waals surface area (Å²) in [6.07, 6.45) is 10.1. The van der Waals surface area contributed by atoms with Gasteiger partial charge in [0.05, 0.1) is 6.54 Å². The standard InChI is InChI=1S/C23H41N3O4/c1-22(2,3)23(11-6-5-7-12-23)13-8-10-18(16-20(27)28)21-25-19(26-30-21)17-24-14-9-15-29-4/h18,24H,5-17H2,1-4H3,(H,27,28)/p-1. The zero-order valence-electron chi connectivity index (χ0n) is 19.3. The molecule has 7 nitrogen and oxygen atoms in total. The molecule has 0 radical (unpaired) electrons. The van der Waals surface area contributed by atoms with Crippen LogP contribution in [0.3, 0.4) is 0 Å². The SMILES string of the molecule is COCCCNCc1noc(C(CCCC2(C(C)(C)C)CCCCC2)CC(=O)[O-])n1. The Morgan fingerprint density at radius 2 is 2.00 bits per heavy atom. The highest BCUT2D eigenvalue weighted by atomic mass is 16.5. The molecule has 30 heavy (non-hydrogen) atoms. The van der Waals surface area contributed by atoms with Gasteiger partial charge in [0, 0.05) is 25.6 Å². The van der Waals surface area contributed by atoms with Gasteiger partial charge in [-0.25, -0.2) is 0 Å². The number of rotatable bonds is 13. The molecular weight excluding hydrogens is 382 g/mol. The number of carboxylic acid groups (broad SMARTS) is 1. The smallest absolute Gasteiger partial charge is 0.230 e. The second kappa shape index (κ2) is 11.8. The number of carbonyl (C=O) groups is 1. The summed E-state index contributed by atoms with van der Waals surface area (Å²) in [4.78, 5) is 15.8. The first-order valence-corrected chi connectivity index (χ1v) is 11.5. The van der Waals surface area contributed by atoms with Crippen molar-refractivity contribution in [3.63, 3.8) is 0 Å². The molecule has 1 N–H and O–H groups in total. The molecule has 7 heteroatoms. The molecule has 172 valence electrons. The average Bonchev–Trinajstić information content (AvgIpc) is 3.15. The van der Waals surface area contributed by atoms with Gasteiger partial charge in [0.2, 0.25) is 5.89 Å². The highest BCUT2D eigenvalue weighted by Crippen LogP contribution is 2.53. The third-order valence-electron chi connectivity index (χ3n) is 6.84. The lowest BCUT2D eigenvalue weighted by Gasteiger charge is -2.48. The van der Waals surface area contributed by atoms with Gasteiger partial charge in [-0.3, -0.25) is 0 Å². The van der Waals surface area contributed by atoms with Crippen LogP contribution in [-0.4, -0.2) is 36.4 Å². The molecule has 0 saturated heterocycles. The number of aliphatic carboxylic acids is 1. The summed E-state index contributed by atoms with van der Waals surface area (Å²) in [6, 6.07) is 0. The van der Waals surface area contributed by atoms with Crippen molar-refractivity contribution in [1.29, 1.82) is 0 Å². The Labute approximate surface area is 181 Å². The van der Waals surface area contributed by atoms with Crippen LogP contribution in [-0.2, 0) is 16.1 Å². The van der Waals surface area contributed by atoms with E-state index in [0.717, 1.165) is 32.2 Å². The minimum atomic E-state index is -1.07. The van der Waals surface area contributed by atoms with E-state index in [1.165, 1.54) is 32.1 Å². The number of methoxy groups -OCH3 is 1. The maximum absolute atomic E-state index is 11.3. The Balaban J connectivity index is 1.93. The fourth-order valence-corrected chi connectivity index (χ4v) is 4.85. The number of ether oxygens (including phenoxy) is 1. The van der Waals surface area contributed by atoms with Gasteiger partial charge in [-0.15, -0.1) is 0 Å². The van der Waals surface area contributed by atoms with Crippen LogP contribution in [0.4, 0.5) is 0 Å². The van der Waals surface area contributed by atoms with Crippen molar-refractivity contribution < 1.29 is 19.2 Å². The van der Waals surface area contributed by atoms with Crippen LogP contribution in [0.5, 0.6) is 0 Å². The first kappa shape index (κ1) is 24.8. The number of aromatic nitrogens is 2. The molecule has 1 aromatic heterocycles. The average molecular weight is 423 g/mol. The van der Waals surface area contributed by atoms with Crippen LogP contribution < -0.4 is 10.4 Å². The minimum absolute atomic E-state index is 0.0780. The maximum atomic E-state index is 11.3. The topological polar surface area (TPSA) is 100 Å². The maximum Gasteiger partial charge on any atom is 0.230 e. The predicted octanol–water partition coefficient (Wildman–Crippen LogP) is 3.59. The molecular formula is C23H40N3O4-. The number of hydrogen-bond acceptors (Lipinski definition) is 7. The molecule has 0 spiro atoms. The monoisotopic (exact) mass is 422 g/mol. The number of hydrogen-bond donors (Lipinski definition) is 1. The summed E-state index contributed by atoms with van der Waals surface area (Å²) in [5.74, 6) is -0.378. The van der Waals surface area contributed by atoms with Crippen molar-refractivity contribution >= 4 is 5.97 Å². The fourth-order valence-electron chi connectivity index (χ4n) is 4.85. The first-order chi connectivity index (χ1) is 14.3. The van der Waals surface area contributed by atoms with Crippen molar-refractivity contribution in [2.75, 3.05) is 20.3 Å². The van der Waals surface area contributed by atoms with Gasteiger partial charge >= 0.3 is 0 Å². The highest BCUT2D eigenvalue weighted by Gasteiger charge is 2.41. The molecule has 1 atom stereocenters. The van der Waals surface area contributed by atoms with Crippen molar-refractivity contribution in [1.82, 2.24) is 15.5 Å². The third-order valence-corrected chi connectivity index (χ3v) is 6.84. The van der Waals surface area contributed by atoms with Crippen molar-refractivity contribution in [2.45, 2.75) is 97.4 Å². The van der Waals surface area contributed by atoms with Gasteiger partial charge < -0.3 is 24.5 Å². The Hall–Kier alpha value is -1.47. The van der Waals surface area contributed by atoms with Crippen LogP contribution in [0.1, 0.15) is 103 Å². The van der Waals surface area contributed by atoms with E-state index in [9.17, 15) is 9.90 Å². The van der Waals surface area contributed by atoms with Crippen LogP contribution >= 0.6 is 0 Å². The van der Waals surface area contributed by atoms with Gasteiger partial charge in [-0.1, -0.05) is 51.6 Å². The van der Waals surface area contributed by atoms with E-state index in [1.807, 2.05) is 0 Å². The lowest BCUT2D eigenvalue weighted by atomic mass is 9.57. The van der Waals surface area contributed by atoms with Crippen LogP contribution in [0.25, 0.3) is 0 Å². The Kier molecular flexibility index (Phi) is 9.75. The molecule has 1 heterocycles. The molecule has 0 amide bonds. The summed E-state index contributed by atoms with van der Waals surface area (Å²) in [5, 5.41) is 18.6. The largest absolute Gasteiger partial charge is 0.550 e. The van der Waals surface area contributed by atoms with E-state index in [2.05, 4.69) is 36.2 Å². The second-order valence-electron chi connectivity index (χ2n) is 9.83. The van der Waals surface area contributed by atoms with Crippen molar-refractivity contribution in [3.05, 3.63) is 11.7 Å². The van der Waals surface area contributed by atoms with E-state index in [1.54, 1.807) is 7.11 Å². The van der Waals surface area contributed by atoms with Gasteiger partial charge in [0.15, 0.2) is 5.82 Å². The predicted molar refractivity (Wildman–Crippen MR) is 114 cm³/mol. The van der Waals surface area contributed by atoms with Gasteiger partial charge in [0.1, 0.15) is 0 Å². The molecule has 1 fully saturated rings. The number of nitrogens with one attached hydrogen (secondary N) is 1. The summed E-state index contributed by atoms with van der Waals surface area (Å²) in [5.41, 5.74) is 0.590. The number of carbonyl (C=O) groups excluding carboxylic acids is 1. The summed E-state index contributed by atoms with van der Waals surface area (Å²) >= 11 is 0. The van der Waals surface area contributed by atoms with Crippen LogP contribution in [0, 0.1) is 10.8 Å². The van der Waals surface area contributed by atoms with E-state index >= 15 is 0 Å². The summed E-state index contributed by atoms with van der Waals surface area (Å²) in [6.45, 7) is 9.05. The van der Waals surface area contributed by atoms with Crippen molar-refractivity contribution in [2.24, 2.45) is 10.8 Å². The molecule has 1 saturated carbocycles. The summed E-state index contributed by atoms with van der Waals surface area (Å²) < 4.78 is 10.4. The van der Waals surface area contributed by atoms with Crippen LogP contribution in [0.2, 0.25) is 0 Å². The number of nitrogens with zero attached hydrogens (tertiary/aromatic N) is 2. The van der Waals surface area contributed by atoms with Crippen LogP contribution in [0.15, 0.2) is 4.52 Å². The van der Waals surface area contributed by atoms with E-state index in [4.69, 9.17) is 9.26 Å². The lowest BCUT2D eigenvalue weighted by Crippen LogP contribution is -2.37. The fraction of sp³-hybridized carbons (Fsp3) is 0.870. The third kappa shape index (κ3) is 7.34. The molecule has 1 unspecified atom stereocenters. The van der Waals surface area contributed by atoms with Gasteiger partial charge in [-0.05, 0) is 55.9 Å². The number of carboxylic acids is 1. The zero-order valence-corrected chi connectivity index (χ0v) is 19.3. The minimum Gasteiger partial charge on any atom is -0.550 e. The van der Waals surface area contributed by atoms with Crippen molar-refractivity contribution in [3.8, 4) is 0 Å². The molecule has 1 aliphatic carbocycles. The van der Waals surface area contributed by atoms with Gasteiger partial charge in [-0.2, -0.15) is 4.98 Å².